The highest BCUT2D eigenvalue weighted by atomic mass is 35.5. The zero-order valence-corrected chi connectivity index (χ0v) is 8.65. The Labute approximate surface area is 90.8 Å². The first-order chi connectivity index (χ1) is 7.11. The number of carbonyl (C=O) groups is 1. The van der Waals surface area contributed by atoms with E-state index in [0.717, 1.165) is 0 Å². The number of rotatable bonds is 3. The number of alkyl halides is 1. The van der Waals surface area contributed by atoms with Crippen molar-refractivity contribution in [1.29, 1.82) is 0 Å². The third kappa shape index (κ3) is 2.24. The van der Waals surface area contributed by atoms with Gasteiger partial charge in [0.2, 0.25) is 0 Å². The van der Waals surface area contributed by atoms with E-state index in [1.807, 2.05) is 0 Å². The van der Waals surface area contributed by atoms with Crippen molar-refractivity contribution in [1.82, 2.24) is 0 Å². The number of hydrogen-bond donors (Lipinski definition) is 0. The summed E-state index contributed by atoms with van der Waals surface area (Å²) < 4.78 is 4.49. The summed E-state index contributed by atoms with van der Waals surface area (Å²) in [7, 11) is 1.21. The van der Waals surface area contributed by atoms with Gasteiger partial charge in [0.05, 0.1) is 29.0 Å². The maximum Gasteiger partial charge on any atom is 0.338 e. The summed E-state index contributed by atoms with van der Waals surface area (Å²) in [6.07, 6.45) is 0. The third-order valence-corrected chi connectivity index (χ3v) is 2.15. The van der Waals surface area contributed by atoms with Gasteiger partial charge >= 0.3 is 5.97 Å². The Morgan fingerprint density at radius 1 is 1.60 bits per heavy atom. The predicted molar refractivity (Wildman–Crippen MR) is 54.0 cm³/mol. The van der Waals surface area contributed by atoms with E-state index in [0.29, 0.717) is 0 Å². The number of nitro benzene ring substituents is 1. The molecule has 0 radical (unpaired) electrons. The van der Waals surface area contributed by atoms with Crippen molar-refractivity contribution in [3.05, 3.63) is 39.4 Å². The summed E-state index contributed by atoms with van der Waals surface area (Å²) in [6.45, 7) is 0. The summed E-state index contributed by atoms with van der Waals surface area (Å²) in [6, 6.07) is 4.15. The van der Waals surface area contributed by atoms with Gasteiger partial charge in [-0.05, 0) is 6.07 Å². The van der Waals surface area contributed by atoms with Crippen molar-refractivity contribution >= 4 is 23.3 Å². The first-order valence-corrected chi connectivity index (χ1v) is 4.55. The Morgan fingerprint density at radius 3 is 2.73 bits per heavy atom. The van der Waals surface area contributed by atoms with Crippen molar-refractivity contribution in [2.24, 2.45) is 0 Å². The number of carbonyl (C=O) groups excluding carboxylic acids is 1. The quantitative estimate of drug-likeness (QED) is 0.345. The lowest BCUT2D eigenvalue weighted by Gasteiger charge is -2.04. The molecular weight excluding hydrogens is 222 g/mol. The molecule has 0 aliphatic carbocycles. The molecule has 0 heterocycles. The van der Waals surface area contributed by atoms with E-state index in [1.54, 1.807) is 0 Å². The topological polar surface area (TPSA) is 69.4 Å². The van der Waals surface area contributed by atoms with Crippen molar-refractivity contribution < 1.29 is 14.5 Å². The third-order valence-electron chi connectivity index (χ3n) is 1.89. The molecule has 80 valence electrons. The molecule has 1 aromatic rings. The summed E-state index contributed by atoms with van der Waals surface area (Å²) in [4.78, 5) is 21.3. The fourth-order valence-corrected chi connectivity index (χ4v) is 1.47. The van der Waals surface area contributed by atoms with Crippen molar-refractivity contribution in [3.63, 3.8) is 0 Å². The van der Waals surface area contributed by atoms with E-state index in [1.165, 1.54) is 25.3 Å². The second-order valence-corrected chi connectivity index (χ2v) is 2.95. The van der Waals surface area contributed by atoms with Crippen LogP contribution in [0, 0.1) is 10.1 Å². The van der Waals surface area contributed by atoms with Crippen LogP contribution in [0.1, 0.15) is 15.9 Å². The Hall–Kier alpha value is -1.62. The molecule has 1 rings (SSSR count). The molecule has 15 heavy (non-hydrogen) atoms. The highest BCUT2D eigenvalue weighted by molar-refractivity contribution is 6.18. The monoisotopic (exact) mass is 229 g/mol. The van der Waals surface area contributed by atoms with Crippen LogP contribution < -0.4 is 0 Å². The minimum atomic E-state index is -0.630. The molecule has 0 aromatic heterocycles. The molecule has 0 aliphatic heterocycles. The second-order valence-electron chi connectivity index (χ2n) is 2.69. The van der Waals surface area contributed by atoms with Crippen LogP contribution in [0.3, 0.4) is 0 Å². The molecule has 0 amide bonds. The molecule has 6 heteroatoms. The van der Waals surface area contributed by atoms with E-state index >= 15 is 0 Å². The van der Waals surface area contributed by atoms with Gasteiger partial charge < -0.3 is 4.74 Å². The molecule has 0 aliphatic rings. The SMILES string of the molecule is COC(=O)c1cccc([N+](=O)[O-])c1CCl. The normalized spacial score (nSPS) is 9.73. The standard InChI is InChI=1S/C9H8ClNO4/c1-15-9(12)6-3-2-4-8(11(13)14)7(6)5-10/h2-4H,5H2,1H3. The minimum absolute atomic E-state index is 0.110. The summed E-state index contributed by atoms with van der Waals surface area (Å²) in [5.41, 5.74) is 0.130. The lowest BCUT2D eigenvalue weighted by Crippen LogP contribution is -2.07. The first kappa shape index (κ1) is 11.5. The Kier molecular flexibility index (Phi) is 3.62. The van der Waals surface area contributed by atoms with Crippen LogP contribution in [-0.2, 0) is 10.6 Å². The molecule has 0 N–H and O–H groups in total. The van der Waals surface area contributed by atoms with Crippen LogP contribution in [0.5, 0.6) is 0 Å². The molecule has 1 aromatic carbocycles. The zero-order valence-electron chi connectivity index (χ0n) is 7.90. The molecule has 0 fully saturated rings. The van der Waals surface area contributed by atoms with Gasteiger partial charge in [0.1, 0.15) is 0 Å². The minimum Gasteiger partial charge on any atom is -0.465 e. The van der Waals surface area contributed by atoms with Crippen LogP contribution in [0.2, 0.25) is 0 Å². The summed E-state index contributed by atoms with van der Waals surface area (Å²) >= 11 is 5.57. The van der Waals surface area contributed by atoms with Crippen LogP contribution in [-0.4, -0.2) is 18.0 Å². The van der Waals surface area contributed by atoms with Gasteiger partial charge in [-0.3, -0.25) is 10.1 Å². The van der Waals surface area contributed by atoms with Crippen molar-refractivity contribution in [2.75, 3.05) is 7.11 Å². The fraction of sp³-hybridized carbons (Fsp3) is 0.222. The highest BCUT2D eigenvalue weighted by Gasteiger charge is 2.20. The smallest absolute Gasteiger partial charge is 0.338 e. The summed E-state index contributed by atoms with van der Waals surface area (Å²) in [5, 5.41) is 10.6. The van der Waals surface area contributed by atoms with Gasteiger partial charge in [-0.25, -0.2) is 4.79 Å². The van der Waals surface area contributed by atoms with Gasteiger partial charge in [0.15, 0.2) is 0 Å². The van der Waals surface area contributed by atoms with Gasteiger partial charge in [0, 0.05) is 6.07 Å². The van der Waals surface area contributed by atoms with Gasteiger partial charge in [0.25, 0.3) is 5.69 Å². The van der Waals surface area contributed by atoms with E-state index < -0.39 is 10.9 Å². The second kappa shape index (κ2) is 4.75. The van der Waals surface area contributed by atoms with Gasteiger partial charge in [-0.1, -0.05) is 6.07 Å². The molecule has 0 atom stereocenters. The first-order valence-electron chi connectivity index (χ1n) is 4.02. The van der Waals surface area contributed by atoms with Gasteiger partial charge in [-0.15, -0.1) is 11.6 Å². The van der Waals surface area contributed by atoms with E-state index in [4.69, 9.17) is 11.6 Å². The molecular formula is C9H8ClNO4. The Balaban J connectivity index is 3.34. The lowest BCUT2D eigenvalue weighted by atomic mass is 10.1. The lowest BCUT2D eigenvalue weighted by molar-refractivity contribution is -0.385. The molecule has 0 saturated heterocycles. The van der Waals surface area contributed by atoms with Gasteiger partial charge in [-0.2, -0.15) is 0 Å². The number of halogens is 1. The number of nitro groups is 1. The number of methoxy groups -OCH3 is 1. The Morgan fingerprint density at radius 2 is 2.27 bits per heavy atom. The fourth-order valence-electron chi connectivity index (χ4n) is 1.19. The number of nitrogens with zero attached hydrogens (tertiary/aromatic N) is 1. The zero-order chi connectivity index (χ0) is 11.4. The van der Waals surface area contributed by atoms with Crippen LogP contribution in [0.4, 0.5) is 5.69 Å². The summed E-state index contributed by atoms with van der Waals surface area (Å²) in [5.74, 6) is -0.740. The molecule has 0 bridgehead atoms. The molecule has 5 nitrogen and oxygen atoms in total. The molecule has 0 saturated carbocycles. The van der Waals surface area contributed by atoms with E-state index in [-0.39, 0.29) is 22.7 Å². The van der Waals surface area contributed by atoms with Crippen LogP contribution >= 0.6 is 11.6 Å². The number of hydrogen-bond acceptors (Lipinski definition) is 4. The van der Waals surface area contributed by atoms with Crippen molar-refractivity contribution in [3.8, 4) is 0 Å². The maximum atomic E-state index is 11.3. The number of benzene rings is 1. The average molecular weight is 230 g/mol. The number of esters is 1. The predicted octanol–water partition coefficient (Wildman–Crippen LogP) is 2.12. The van der Waals surface area contributed by atoms with E-state index in [2.05, 4.69) is 4.74 Å². The maximum absolute atomic E-state index is 11.3. The largest absolute Gasteiger partial charge is 0.465 e. The van der Waals surface area contributed by atoms with Crippen LogP contribution in [0.25, 0.3) is 0 Å². The molecule has 0 unspecified atom stereocenters. The van der Waals surface area contributed by atoms with E-state index in [9.17, 15) is 14.9 Å². The number of ether oxygens (including phenoxy) is 1. The molecule has 0 spiro atoms. The van der Waals surface area contributed by atoms with Crippen molar-refractivity contribution in [2.45, 2.75) is 5.88 Å². The average Bonchev–Trinajstić information content (AvgIpc) is 2.26. The Bertz CT molecular complexity index is 405. The highest BCUT2D eigenvalue weighted by Crippen LogP contribution is 2.24. The van der Waals surface area contributed by atoms with Crippen LogP contribution in [0.15, 0.2) is 18.2 Å².